The Bertz CT molecular complexity index is 1510. The minimum Gasteiger partial charge on any atom is -0.352 e. The number of rotatable bonds is 12. The van der Waals surface area contributed by atoms with E-state index < -0.39 is 28.5 Å². The van der Waals surface area contributed by atoms with E-state index in [0.29, 0.717) is 5.69 Å². The molecule has 0 heterocycles. The summed E-state index contributed by atoms with van der Waals surface area (Å²) in [6.45, 7) is 3.39. The summed E-state index contributed by atoms with van der Waals surface area (Å²) in [6.07, 6.45) is 0.273. The minimum absolute atomic E-state index is 0.0737. The van der Waals surface area contributed by atoms with Gasteiger partial charge in [-0.15, -0.1) is 0 Å². The molecule has 4 aromatic rings. The molecule has 4 rings (SSSR count). The molecule has 0 saturated carbocycles. The van der Waals surface area contributed by atoms with Crippen LogP contribution in [-0.4, -0.2) is 43.8 Å². The van der Waals surface area contributed by atoms with E-state index in [1.165, 1.54) is 17.0 Å². The Morgan fingerprint density at radius 2 is 1.20 bits per heavy atom. The smallest absolute Gasteiger partial charge is 0.264 e. The van der Waals surface area contributed by atoms with Gasteiger partial charge in [-0.05, 0) is 49.2 Å². The molecule has 7 nitrogen and oxygen atoms in total. The number of anilines is 1. The van der Waals surface area contributed by atoms with Crippen molar-refractivity contribution in [1.29, 1.82) is 0 Å². The number of hydrogen-bond acceptors (Lipinski definition) is 4. The Morgan fingerprint density at radius 3 is 1.73 bits per heavy atom. The largest absolute Gasteiger partial charge is 0.352 e. The van der Waals surface area contributed by atoms with Crippen molar-refractivity contribution in [3.05, 3.63) is 132 Å². The number of nitrogens with one attached hydrogen (secondary N) is 1. The molecule has 41 heavy (non-hydrogen) atoms. The van der Waals surface area contributed by atoms with Gasteiger partial charge in [-0.3, -0.25) is 13.9 Å². The SMILES string of the molecule is CC(C)NC(=O)C(Cc1ccccc1)N(Cc1ccccc1)C(=O)CN(c1ccccc1)S(=O)(=O)c1ccccc1. The molecule has 0 radical (unpaired) electrons. The van der Waals surface area contributed by atoms with Crippen molar-refractivity contribution in [2.45, 2.75) is 43.8 Å². The maximum atomic E-state index is 14.3. The number of amides is 2. The lowest BCUT2D eigenvalue weighted by Crippen LogP contribution is -2.54. The molecule has 4 aromatic carbocycles. The van der Waals surface area contributed by atoms with E-state index in [-0.39, 0.29) is 29.8 Å². The minimum atomic E-state index is -4.09. The van der Waals surface area contributed by atoms with Crippen molar-refractivity contribution in [2.24, 2.45) is 0 Å². The van der Waals surface area contributed by atoms with E-state index >= 15 is 0 Å². The van der Waals surface area contributed by atoms with Crippen LogP contribution in [0.4, 0.5) is 5.69 Å². The van der Waals surface area contributed by atoms with E-state index in [9.17, 15) is 18.0 Å². The van der Waals surface area contributed by atoms with Gasteiger partial charge in [0, 0.05) is 19.0 Å². The highest BCUT2D eigenvalue weighted by Crippen LogP contribution is 2.24. The number of nitrogens with zero attached hydrogens (tertiary/aromatic N) is 2. The summed E-state index contributed by atoms with van der Waals surface area (Å²) in [7, 11) is -4.09. The lowest BCUT2D eigenvalue weighted by Gasteiger charge is -2.34. The Balaban J connectivity index is 1.77. The topological polar surface area (TPSA) is 86.8 Å². The number of sulfonamides is 1. The number of carbonyl (C=O) groups excluding carboxylic acids is 2. The highest BCUT2D eigenvalue weighted by molar-refractivity contribution is 7.92. The van der Waals surface area contributed by atoms with Gasteiger partial charge in [-0.2, -0.15) is 0 Å². The molecule has 0 spiro atoms. The molecule has 0 aliphatic carbocycles. The third-order valence-corrected chi connectivity index (χ3v) is 8.34. The van der Waals surface area contributed by atoms with Crippen LogP contribution in [0.1, 0.15) is 25.0 Å². The molecular weight excluding hydrogens is 534 g/mol. The van der Waals surface area contributed by atoms with Gasteiger partial charge in [0.2, 0.25) is 11.8 Å². The molecule has 0 bridgehead atoms. The van der Waals surface area contributed by atoms with Gasteiger partial charge < -0.3 is 10.2 Å². The molecule has 1 atom stereocenters. The maximum absolute atomic E-state index is 14.3. The monoisotopic (exact) mass is 569 g/mol. The van der Waals surface area contributed by atoms with Crippen molar-refractivity contribution in [1.82, 2.24) is 10.2 Å². The van der Waals surface area contributed by atoms with Crippen molar-refractivity contribution in [3.63, 3.8) is 0 Å². The number of carbonyl (C=O) groups is 2. The molecule has 0 aliphatic heterocycles. The first-order valence-electron chi connectivity index (χ1n) is 13.6. The second-order valence-electron chi connectivity index (χ2n) is 10.0. The van der Waals surface area contributed by atoms with Crippen LogP contribution < -0.4 is 9.62 Å². The van der Waals surface area contributed by atoms with Crippen molar-refractivity contribution < 1.29 is 18.0 Å². The number of para-hydroxylation sites is 1. The molecule has 0 fully saturated rings. The highest BCUT2D eigenvalue weighted by Gasteiger charge is 2.34. The third-order valence-electron chi connectivity index (χ3n) is 6.55. The third kappa shape index (κ3) is 7.83. The van der Waals surface area contributed by atoms with E-state index in [4.69, 9.17) is 0 Å². The van der Waals surface area contributed by atoms with Gasteiger partial charge in [0.05, 0.1) is 10.6 Å². The summed E-state index contributed by atoms with van der Waals surface area (Å²) >= 11 is 0. The van der Waals surface area contributed by atoms with E-state index in [2.05, 4.69) is 5.32 Å². The first-order chi connectivity index (χ1) is 19.8. The zero-order valence-electron chi connectivity index (χ0n) is 23.3. The average molecular weight is 570 g/mol. The molecule has 212 valence electrons. The van der Waals surface area contributed by atoms with E-state index in [0.717, 1.165) is 15.4 Å². The summed E-state index contributed by atoms with van der Waals surface area (Å²) < 4.78 is 28.8. The van der Waals surface area contributed by atoms with Crippen LogP contribution in [0.15, 0.2) is 126 Å². The molecular formula is C33H35N3O4S. The van der Waals surface area contributed by atoms with Crippen molar-refractivity contribution in [2.75, 3.05) is 10.8 Å². The predicted octanol–water partition coefficient (Wildman–Crippen LogP) is 5.05. The molecule has 1 unspecified atom stereocenters. The highest BCUT2D eigenvalue weighted by atomic mass is 32.2. The molecule has 0 aromatic heterocycles. The number of hydrogen-bond donors (Lipinski definition) is 1. The van der Waals surface area contributed by atoms with Crippen LogP contribution in [0.5, 0.6) is 0 Å². The Morgan fingerprint density at radius 1 is 0.707 bits per heavy atom. The number of benzene rings is 4. The normalized spacial score (nSPS) is 12.0. The fourth-order valence-corrected chi connectivity index (χ4v) is 5.99. The Hall–Kier alpha value is -4.43. The average Bonchev–Trinajstić information content (AvgIpc) is 2.99. The van der Waals surface area contributed by atoms with Crippen LogP contribution in [-0.2, 0) is 32.6 Å². The second kappa shape index (κ2) is 13.8. The van der Waals surface area contributed by atoms with Gasteiger partial charge >= 0.3 is 0 Å². The van der Waals surface area contributed by atoms with Crippen LogP contribution >= 0.6 is 0 Å². The molecule has 1 N–H and O–H groups in total. The maximum Gasteiger partial charge on any atom is 0.264 e. The van der Waals surface area contributed by atoms with Crippen LogP contribution in [0.2, 0.25) is 0 Å². The van der Waals surface area contributed by atoms with Crippen LogP contribution in [0.25, 0.3) is 0 Å². The standard InChI is InChI=1S/C33H35N3O4S/c1-26(2)34-33(38)31(23-27-15-7-3-8-16-27)35(24-28-17-9-4-10-18-28)32(37)25-36(29-19-11-5-12-20-29)41(39,40)30-21-13-6-14-22-30/h3-22,26,31H,23-25H2,1-2H3,(H,34,38). The van der Waals surface area contributed by atoms with Crippen LogP contribution in [0, 0.1) is 0 Å². The van der Waals surface area contributed by atoms with E-state index in [1.54, 1.807) is 48.5 Å². The Labute approximate surface area is 242 Å². The van der Waals surface area contributed by atoms with Crippen LogP contribution in [0.3, 0.4) is 0 Å². The lowest BCUT2D eigenvalue weighted by atomic mass is 10.0. The summed E-state index contributed by atoms with van der Waals surface area (Å²) in [5.74, 6) is -0.789. The first kappa shape index (κ1) is 29.6. The summed E-state index contributed by atoms with van der Waals surface area (Å²) in [5, 5.41) is 2.96. The van der Waals surface area contributed by atoms with Gasteiger partial charge in [0.1, 0.15) is 12.6 Å². The van der Waals surface area contributed by atoms with Gasteiger partial charge in [0.25, 0.3) is 10.0 Å². The fraction of sp³-hybridized carbons (Fsp3) is 0.212. The summed E-state index contributed by atoms with van der Waals surface area (Å²) in [6, 6.07) is 34.5. The molecule has 2 amide bonds. The fourth-order valence-electron chi connectivity index (χ4n) is 4.56. The molecule has 0 aliphatic rings. The summed E-state index contributed by atoms with van der Waals surface area (Å²) in [4.78, 5) is 29.5. The van der Waals surface area contributed by atoms with Gasteiger partial charge in [-0.1, -0.05) is 97.1 Å². The van der Waals surface area contributed by atoms with E-state index in [1.807, 2.05) is 74.5 Å². The van der Waals surface area contributed by atoms with Gasteiger partial charge in [-0.25, -0.2) is 8.42 Å². The Kier molecular flexibility index (Phi) is 9.92. The quantitative estimate of drug-likeness (QED) is 0.259. The molecule has 8 heteroatoms. The van der Waals surface area contributed by atoms with Crippen molar-refractivity contribution >= 4 is 27.5 Å². The van der Waals surface area contributed by atoms with Gasteiger partial charge in [0.15, 0.2) is 0 Å². The first-order valence-corrected chi connectivity index (χ1v) is 15.0. The van der Waals surface area contributed by atoms with Crippen molar-refractivity contribution in [3.8, 4) is 0 Å². The lowest BCUT2D eigenvalue weighted by molar-refractivity contribution is -0.140. The zero-order chi connectivity index (χ0) is 29.2. The zero-order valence-corrected chi connectivity index (χ0v) is 24.1. The molecule has 0 saturated heterocycles. The second-order valence-corrected chi connectivity index (χ2v) is 11.9. The predicted molar refractivity (Wildman–Crippen MR) is 162 cm³/mol. The summed E-state index contributed by atoms with van der Waals surface area (Å²) in [5.41, 5.74) is 2.07.